The number of nitrogens with one attached hydrogen (secondary N) is 1. The summed E-state index contributed by atoms with van der Waals surface area (Å²) >= 11 is 0. The van der Waals surface area contributed by atoms with Crippen molar-refractivity contribution in [3.63, 3.8) is 0 Å². The summed E-state index contributed by atoms with van der Waals surface area (Å²) in [5, 5.41) is 8.55. The molecule has 3 rings (SSSR count). The van der Waals surface area contributed by atoms with Crippen LogP contribution in [0.2, 0.25) is 0 Å². The smallest absolute Gasteiger partial charge is 0.271 e. The van der Waals surface area contributed by atoms with Gasteiger partial charge < -0.3 is 14.8 Å². The number of carbonyl (C=O) groups is 1. The Morgan fingerprint density at radius 3 is 2.73 bits per heavy atom. The molecule has 6 heteroatoms. The molecule has 0 aliphatic carbocycles. The van der Waals surface area contributed by atoms with Gasteiger partial charge in [-0.2, -0.15) is 5.10 Å². The lowest BCUT2D eigenvalue weighted by Crippen LogP contribution is -2.31. The summed E-state index contributed by atoms with van der Waals surface area (Å²) in [5.74, 6) is 0.864. The zero-order chi connectivity index (χ0) is 15.7. The number of hydrogen-bond acceptors (Lipinski definition) is 4. The standard InChI is InChI=1S/C16H21N5O/c1-11-8-9-17-15(11)16(22)21-10-4-5-13(21)12-6-7-14(19-18-12)20(2)3/h6-9,13,17H,4-5,10H2,1-3H3. The number of H-pyrrole nitrogens is 1. The molecule has 6 nitrogen and oxygen atoms in total. The van der Waals surface area contributed by atoms with E-state index in [2.05, 4.69) is 15.2 Å². The van der Waals surface area contributed by atoms with E-state index in [0.29, 0.717) is 5.69 Å². The Morgan fingerprint density at radius 1 is 1.32 bits per heavy atom. The van der Waals surface area contributed by atoms with Gasteiger partial charge in [0.15, 0.2) is 5.82 Å². The molecule has 2 aromatic rings. The molecule has 1 unspecified atom stereocenters. The van der Waals surface area contributed by atoms with Crippen LogP contribution >= 0.6 is 0 Å². The van der Waals surface area contributed by atoms with Gasteiger partial charge in [-0.15, -0.1) is 5.10 Å². The number of amides is 1. The van der Waals surface area contributed by atoms with E-state index < -0.39 is 0 Å². The number of aromatic nitrogens is 3. The quantitative estimate of drug-likeness (QED) is 0.943. The van der Waals surface area contributed by atoms with Crippen molar-refractivity contribution in [1.82, 2.24) is 20.1 Å². The summed E-state index contributed by atoms with van der Waals surface area (Å²) in [5.41, 5.74) is 2.51. The number of aryl methyl sites for hydroxylation is 1. The van der Waals surface area contributed by atoms with Crippen LogP contribution in [-0.4, -0.2) is 46.6 Å². The highest BCUT2D eigenvalue weighted by Gasteiger charge is 2.32. The van der Waals surface area contributed by atoms with Gasteiger partial charge >= 0.3 is 0 Å². The molecule has 116 valence electrons. The molecular weight excluding hydrogens is 278 g/mol. The second kappa shape index (κ2) is 5.79. The van der Waals surface area contributed by atoms with Crippen LogP contribution in [0.5, 0.6) is 0 Å². The van der Waals surface area contributed by atoms with E-state index in [1.165, 1.54) is 0 Å². The van der Waals surface area contributed by atoms with E-state index in [9.17, 15) is 4.79 Å². The van der Waals surface area contributed by atoms with Gasteiger partial charge in [-0.25, -0.2) is 0 Å². The predicted molar refractivity (Wildman–Crippen MR) is 84.9 cm³/mol. The second-order valence-corrected chi connectivity index (χ2v) is 5.90. The van der Waals surface area contributed by atoms with Crippen molar-refractivity contribution in [1.29, 1.82) is 0 Å². The van der Waals surface area contributed by atoms with Crippen molar-refractivity contribution in [3.05, 3.63) is 41.3 Å². The maximum atomic E-state index is 12.7. The summed E-state index contributed by atoms with van der Waals surface area (Å²) in [7, 11) is 3.87. The molecule has 1 fully saturated rings. The predicted octanol–water partition coefficient (Wildman–Crippen LogP) is 2.16. The minimum atomic E-state index is 0.0129. The maximum absolute atomic E-state index is 12.7. The van der Waals surface area contributed by atoms with Crippen molar-refractivity contribution in [3.8, 4) is 0 Å². The van der Waals surface area contributed by atoms with Crippen molar-refractivity contribution >= 4 is 11.7 Å². The fraction of sp³-hybridized carbons (Fsp3) is 0.438. The van der Waals surface area contributed by atoms with Crippen LogP contribution in [0.25, 0.3) is 0 Å². The Kier molecular flexibility index (Phi) is 3.83. The van der Waals surface area contributed by atoms with Gasteiger partial charge in [0.05, 0.1) is 11.7 Å². The first-order valence-electron chi connectivity index (χ1n) is 7.54. The molecule has 0 saturated carbocycles. The summed E-state index contributed by atoms with van der Waals surface area (Å²) in [6, 6.07) is 5.85. The minimum absolute atomic E-state index is 0.0129. The van der Waals surface area contributed by atoms with Crippen molar-refractivity contribution < 1.29 is 4.79 Å². The molecule has 0 radical (unpaired) electrons. The van der Waals surface area contributed by atoms with Crippen molar-refractivity contribution in [2.45, 2.75) is 25.8 Å². The van der Waals surface area contributed by atoms with Crippen LogP contribution in [0, 0.1) is 6.92 Å². The Morgan fingerprint density at radius 2 is 2.14 bits per heavy atom. The summed E-state index contributed by atoms with van der Waals surface area (Å²) in [6.45, 7) is 2.71. The SMILES string of the molecule is Cc1cc[nH]c1C(=O)N1CCCC1c1ccc(N(C)C)nn1. The number of hydrogen-bond donors (Lipinski definition) is 1. The first-order chi connectivity index (χ1) is 10.6. The third-order valence-corrected chi connectivity index (χ3v) is 4.15. The Balaban J connectivity index is 1.84. The molecule has 0 spiro atoms. The molecule has 1 amide bonds. The maximum Gasteiger partial charge on any atom is 0.271 e. The topological polar surface area (TPSA) is 65.1 Å². The van der Waals surface area contributed by atoms with Crippen LogP contribution in [0.3, 0.4) is 0 Å². The number of carbonyl (C=O) groups excluding carboxylic acids is 1. The van der Waals surface area contributed by atoms with E-state index in [-0.39, 0.29) is 11.9 Å². The summed E-state index contributed by atoms with van der Waals surface area (Å²) in [6.07, 6.45) is 3.73. The molecule has 2 aromatic heterocycles. The van der Waals surface area contributed by atoms with Gasteiger partial charge in [-0.1, -0.05) is 0 Å². The van der Waals surface area contributed by atoms with E-state index in [0.717, 1.165) is 36.5 Å². The van der Waals surface area contributed by atoms with Crippen LogP contribution in [0.15, 0.2) is 24.4 Å². The minimum Gasteiger partial charge on any atom is -0.361 e. The Bertz CT molecular complexity index is 661. The molecular formula is C16H21N5O. The van der Waals surface area contributed by atoms with E-state index in [1.807, 2.05) is 49.0 Å². The van der Waals surface area contributed by atoms with Gasteiger partial charge in [0.2, 0.25) is 0 Å². The van der Waals surface area contributed by atoms with Crippen LogP contribution in [0.1, 0.15) is 40.6 Å². The van der Waals surface area contributed by atoms with Crippen LogP contribution in [0.4, 0.5) is 5.82 Å². The van der Waals surface area contributed by atoms with Gasteiger partial charge in [-0.3, -0.25) is 4.79 Å². The molecule has 3 heterocycles. The Hall–Kier alpha value is -2.37. The second-order valence-electron chi connectivity index (χ2n) is 5.90. The van der Waals surface area contributed by atoms with Crippen molar-refractivity contribution in [2.75, 3.05) is 25.5 Å². The largest absolute Gasteiger partial charge is 0.361 e. The average molecular weight is 299 g/mol. The highest BCUT2D eigenvalue weighted by Crippen LogP contribution is 2.32. The van der Waals surface area contributed by atoms with Gasteiger partial charge in [0.1, 0.15) is 5.69 Å². The Labute approximate surface area is 130 Å². The monoisotopic (exact) mass is 299 g/mol. The van der Waals surface area contributed by atoms with Crippen molar-refractivity contribution in [2.24, 2.45) is 0 Å². The zero-order valence-electron chi connectivity index (χ0n) is 13.2. The van der Waals surface area contributed by atoms with E-state index in [1.54, 1.807) is 6.20 Å². The van der Waals surface area contributed by atoms with Crippen LogP contribution in [-0.2, 0) is 0 Å². The van der Waals surface area contributed by atoms with Gasteiger partial charge in [-0.05, 0) is 43.5 Å². The fourth-order valence-electron chi connectivity index (χ4n) is 2.89. The molecule has 1 aliphatic heterocycles. The molecule has 1 atom stereocenters. The lowest BCUT2D eigenvalue weighted by Gasteiger charge is -2.24. The number of aromatic amines is 1. The lowest BCUT2D eigenvalue weighted by molar-refractivity contribution is 0.0726. The third-order valence-electron chi connectivity index (χ3n) is 4.15. The highest BCUT2D eigenvalue weighted by atomic mass is 16.2. The lowest BCUT2D eigenvalue weighted by atomic mass is 10.1. The first kappa shape index (κ1) is 14.6. The highest BCUT2D eigenvalue weighted by molar-refractivity contribution is 5.94. The zero-order valence-corrected chi connectivity index (χ0v) is 13.2. The van der Waals surface area contributed by atoms with E-state index >= 15 is 0 Å². The van der Waals surface area contributed by atoms with Gasteiger partial charge in [0.25, 0.3) is 5.91 Å². The molecule has 1 saturated heterocycles. The number of anilines is 1. The van der Waals surface area contributed by atoms with Crippen LogP contribution < -0.4 is 4.90 Å². The number of nitrogens with zero attached hydrogens (tertiary/aromatic N) is 4. The molecule has 22 heavy (non-hydrogen) atoms. The molecule has 1 aliphatic rings. The van der Waals surface area contributed by atoms with Gasteiger partial charge in [0, 0.05) is 26.8 Å². The summed E-state index contributed by atoms with van der Waals surface area (Å²) in [4.78, 5) is 19.6. The average Bonchev–Trinajstić information content (AvgIpc) is 3.15. The summed E-state index contributed by atoms with van der Waals surface area (Å²) < 4.78 is 0. The number of rotatable bonds is 3. The normalized spacial score (nSPS) is 17.8. The number of likely N-dealkylation sites (tertiary alicyclic amines) is 1. The third kappa shape index (κ3) is 2.56. The fourth-order valence-corrected chi connectivity index (χ4v) is 2.89. The van der Waals surface area contributed by atoms with E-state index in [4.69, 9.17) is 0 Å². The first-order valence-corrected chi connectivity index (χ1v) is 7.54. The molecule has 0 bridgehead atoms. The molecule has 1 N–H and O–H groups in total. The molecule has 0 aromatic carbocycles.